The Hall–Kier alpha value is -5.20. The van der Waals surface area contributed by atoms with Gasteiger partial charge in [-0.15, -0.1) is 0 Å². The van der Waals surface area contributed by atoms with Gasteiger partial charge in [0.25, 0.3) is 0 Å². The van der Waals surface area contributed by atoms with E-state index in [0.717, 1.165) is 0 Å². The Bertz CT molecular complexity index is 1970. The molecule has 0 unspecified atom stereocenters. The van der Waals surface area contributed by atoms with E-state index < -0.39 is 5.41 Å². The van der Waals surface area contributed by atoms with E-state index in [1.54, 1.807) is 0 Å². The van der Waals surface area contributed by atoms with Crippen LogP contribution in [0, 0.1) is 0 Å². The third-order valence-corrected chi connectivity index (χ3v) is 8.75. The molecule has 1 aliphatic rings. The van der Waals surface area contributed by atoms with Gasteiger partial charge in [-0.3, -0.25) is 0 Å². The first-order valence-electron chi connectivity index (χ1n) is 14.3. The minimum Gasteiger partial charge on any atom is -0.0622 e. The van der Waals surface area contributed by atoms with Gasteiger partial charge in [0.1, 0.15) is 0 Å². The summed E-state index contributed by atoms with van der Waals surface area (Å²) in [5, 5.41) is 2.58. The molecule has 1 aliphatic carbocycles. The van der Waals surface area contributed by atoms with E-state index in [-0.39, 0.29) is 0 Å². The Labute approximate surface area is 241 Å². The van der Waals surface area contributed by atoms with Crippen LogP contribution < -0.4 is 0 Å². The van der Waals surface area contributed by atoms with Gasteiger partial charge in [-0.2, -0.15) is 0 Å². The van der Waals surface area contributed by atoms with Gasteiger partial charge in [-0.05, 0) is 78.5 Å². The quantitative estimate of drug-likeness (QED) is 0.216. The smallest absolute Gasteiger partial charge is 0.0622 e. The zero-order valence-electron chi connectivity index (χ0n) is 22.7. The molecule has 0 spiro atoms. The molecule has 0 amide bonds. The predicted octanol–water partition coefficient (Wildman–Crippen LogP) is 10.5. The van der Waals surface area contributed by atoms with Crippen molar-refractivity contribution in [3.05, 3.63) is 192 Å². The molecule has 0 aromatic heterocycles. The fourth-order valence-corrected chi connectivity index (χ4v) is 7.01. The van der Waals surface area contributed by atoms with E-state index in [4.69, 9.17) is 0 Å². The van der Waals surface area contributed by atoms with Crippen molar-refractivity contribution in [1.82, 2.24) is 0 Å². The summed E-state index contributed by atoms with van der Waals surface area (Å²) in [6.45, 7) is 0. The molecule has 7 aromatic rings. The van der Waals surface area contributed by atoms with Crippen LogP contribution in [0.1, 0.15) is 22.3 Å². The minimum atomic E-state index is -0.467. The van der Waals surface area contributed by atoms with Gasteiger partial charge in [0.2, 0.25) is 0 Å². The monoisotopic (exact) mass is 520 g/mol. The minimum absolute atomic E-state index is 0.467. The molecule has 0 saturated carbocycles. The first kappa shape index (κ1) is 23.7. The van der Waals surface area contributed by atoms with Crippen LogP contribution >= 0.6 is 0 Å². The Morgan fingerprint density at radius 1 is 0.317 bits per heavy atom. The van der Waals surface area contributed by atoms with Gasteiger partial charge >= 0.3 is 0 Å². The average Bonchev–Trinajstić information content (AvgIpc) is 3.36. The molecule has 0 fully saturated rings. The van der Waals surface area contributed by atoms with Crippen molar-refractivity contribution in [2.75, 3.05) is 0 Å². The van der Waals surface area contributed by atoms with Gasteiger partial charge in [0.05, 0.1) is 5.41 Å². The summed E-state index contributed by atoms with van der Waals surface area (Å²) < 4.78 is 0. The lowest BCUT2D eigenvalue weighted by molar-refractivity contribution is 0.769. The number of hydrogen-bond donors (Lipinski definition) is 0. The molecule has 0 atom stereocenters. The molecule has 7 aromatic carbocycles. The number of rotatable bonds is 4. The summed E-state index contributed by atoms with van der Waals surface area (Å²) in [5.41, 5.74) is 12.4. The summed E-state index contributed by atoms with van der Waals surface area (Å²) in [7, 11) is 0. The normalized spacial score (nSPS) is 13.1. The average molecular weight is 521 g/mol. The van der Waals surface area contributed by atoms with Crippen LogP contribution in [0.4, 0.5) is 0 Å². The van der Waals surface area contributed by atoms with Crippen molar-refractivity contribution >= 4 is 10.8 Å². The molecule has 192 valence electrons. The van der Waals surface area contributed by atoms with Gasteiger partial charge < -0.3 is 0 Å². The van der Waals surface area contributed by atoms with E-state index in [1.807, 2.05) is 0 Å². The van der Waals surface area contributed by atoms with Crippen molar-refractivity contribution in [1.29, 1.82) is 0 Å². The highest BCUT2D eigenvalue weighted by molar-refractivity contribution is 6.10. The fraction of sp³-hybridized carbons (Fsp3) is 0.0244. The molecule has 0 nitrogen and oxygen atoms in total. The summed E-state index contributed by atoms with van der Waals surface area (Å²) in [6, 6.07) is 62.3. The highest BCUT2D eigenvalue weighted by Gasteiger charge is 2.47. The first-order chi connectivity index (χ1) is 20.4. The summed E-state index contributed by atoms with van der Waals surface area (Å²) >= 11 is 0. The highest BCUT2D eigenvalue weighted by atomic mass is 14.5. The second-order valence-electron chi connectivity index (χ2n) is 10.9. The van der Waals surface area contributed by atoms with Crippen LogP contribution in [0.15, 0.2) is 170 Å². The first-order valence-corrected chi connectivity index (χ1v) is 14.3. The van der Waals surface area contributed by atoms with Crippen molar-refractivity contribution in [3.63, 3.8) is 0 Å². The lowest BCUT2D eigenvalue weighted by Crippen LogP contribution is -2.28. The molecular formula is C41H28. The van der Waals surface area contributed by atoms with Crippen LogP contribution in [0.2, 0.25) is 0 Å². The van der Waals surface area contributed by atoms with Gasteiger partial charge in [-0.25, -0.2) is 0 Å². The zero-order chi connectivity index (χ0) is 27.2. The third-order valence-electron chi connectivity index (χ3n) is 8.75. The fourth-order valence-electron chi connectivity index (χ4n) is 7.01. The highest BCUT2D eigenvalue weighted by Crippen LogP contribution is 2.59. The molecule has 0 heterocycles. The SMILES string of the molecule is c1ccc(-c2ccc3c(c2)C(c2ccccc2)(c2ccccc2)c2cc(-c4ccccc4)c4ccccc4c2-3)cc1. The Morgan fingerprint density at radius 2 is 0.829 bits per heavy atom. The summed E-state index contributed by atoms with van der Waals surface area (Å²) in [6.07, 6.45) is 0. The molecule has 41 heavy (non-hydrogen) atoms. The molecule has 0 radical (unpaired) electrons. The predicted molar refractivity (Wildman–Crippen MR) is 172 cm³/mol. The molecule has 0 bridgehead atoms. The van der Waals surface area contributed by atoms with Crippen LogP contribution in [0.25, 0.3) is 44.2 Å². The molecule has 0 aliphatic heterocycles. The van der Waals surface area contributed by atoms with E-state index in [9.17, 15) is 0 Å². The van der Waals surface area contributed by atoms with Crippen molar-refractivity contribution < 1.29 is 0 Å². The topological polar surface area (TPSA) is 0 Å². The lowest BCUT2D eigenvalue weighted by atomic mass is 9.67. The third kappa shape index (κ3) is 3.54. The largest absolute Gasteiger partial charge is 0.0714 e. The summed E-state index contributed by atoms with van der Waals surface area (Å²) in [5.74, 6) is 0. The van der Waals surface area contributed by atoms with E-state index in [0.29, 0.717) is 0 Å². The van der Waals surface area contributed by atoms with Crippen LogP contribution in [0.3, 0.4) is 0 Å². The Morgan fingerprint density at radius 3 is 1.44 bits per heavy atom. The number of hydrogen-bond acceptors (Lipinski definition) is 0. The number of benzene rings is 7. The van der Waals surface area contributed by atoms with E-state index in [1.165, 1.54) is 66.4 Å². The van der Waals surface area contributed by atoms with Crippen molar-refractivity contribution in [3.8, 4) is 33.4 Å². The molecule has 0 heteroatoms. The lowest BCUT2D eigenvalue weighted by Gasteiger charge is -2.34. The molecule has 8 rings (SSSR count). The molecule has 0 N–H and O–H groups in total. The van der Waals surface area contributed by atoms with Crippen LogP contribution in [-0.2, 0) is 5.41 Å². The van der Waals surface area contributed by atoms with E-state index in [2.05, 4.69) is 170 Å². The maximum absolute atomic E-state index is 2.48. The van der Waals surface area contributed by atoms with Crippen LogP contribution in [-0.4, -0.2) is 0 Å². The van der Waals surface area contributed by atoms with Gasteiger partial charge in [0.15, 0.2) is 0 Å². The van der Waals surface area contributed by atoms with Gasteiger partial charge in [0, 0.05) is 0 Å². The van der Waals surface area contributed by atoms with Crippen molar-refractivity contribution in [2.24, 2.45) is 0 Å². The number of fused-ring (bicyclic) bond motifs is 5. The maximum atomic E-state index is 2.48. The molecule has 0 saturated heterocycles. The molecular weight excluding hydrogens is 492 g/mol. The van der Waals surface area contributed by atoms with Gasteiger partial charge in [-0.1, -0.05) is 158 Å². The standard InChI is InChI=1S/C41H28/c1-5-15-29(16-6-1)31-25-26-36-38(27-31)41(32-19-9-3-10-20-32,33-21-11-4-12-22-33)39-28-37(30-17-7-2-8-18-30)34-23-13-14-24-35(34)40(36)39/h1-28H. The second kappa shape index (κ2) is 9.47. The van der Waals surface area contributed by atoms with Crippen LogP contribution in [0.5, 0.6) is 0 Å². The Kier molecular flexibility index (Phi) is 5.47. The second-order valence-corrected chi connectivity index (χ2v) is 10.9. The Balaban J connectivity index is 1.57. The van der Waals surface area contributed by atoms with Crippen molar-refractivity contribution in [2.45, 2.75) is 5.41 Å². The zero-order valence-corrected chi connectivity index (χ0v) is 22.7. The summed E-state index contributed by atoms with van der Waals surface area (Å²) in [4.78, 5) is 0. The van der Waals surface area contributed by atoms with E-state index >= 15 is 0 Å². The maximum Gasteiger partial charge on any atom is 0.0714 e.